The van der Waals surface area contributed by atoms with Gasteiger partial charge in [-0.3, -0.25) is 0 Å². The van der Waals surface area contributed by atoms with Crippen molar-refractivity contribution in [3.05, 3.63) is 24.8 Å². The monoisotopic (exact) mass is 318 g/mol. The van der Waals surface area contributed by atoms with Gasteiger partial charge >= 0.3 is 11.9 Å². The van der Waals surface area contributed by atoms with Gasteiger partial charge in [0, 0.05) is 18.3 Å². The number of ether oxygens (including phenoxy) is 3. The van der Waals surface area contributed by atoms with E-state index < -0.39 is 5.97 Å². The maximum absolute atomic E-state index is 10.7. The number of aliphatic hydroxyl groups excluding tert-OH is 2. The summed E-state index contributed by atoms with van der Waals surface area (Å²) in [6, 6.07) is 0. The average Bonchev–Trinajstić information content (AvgIpc) is 2.51. The standard InChI is InChI=1S/C8H14O3.C7H12O4/c1-7(2)8(10)11-6-4-3-5-9;1-2-7(9)11-6-5-10-4-3-8/h9H,1,3-6H2,2H3;2,8H,1,3-6H2. The Morgan fingerprint density at radius 3 is 2.18 bits per heavy atom. The zero-order chi connectivity index (χ0) is 17.2. The second-order valence-electron chi connectivity index (χ2n) is 4.05. The van der Waals surface area contributed by atoms with E-state index in [2.05, 4.69) is 17.9 Å². The van der Waals surface area contributed by atoms with E-state index >= 15 is 0 Å². The first-order valence-corrected chi connectivity index (χ1v) is 6.90. The van der Waals surface area contributed by atoms with Crippen molar-refractivity contribution in [3.63, 3.8) is 0 Å². The van der Waals surface area contributed by atoms with Gasteiger partial charge in [0.05, 0.1) is 26.4 Å². The van der Waals surface area contributed by atoms with E-state index in [4.69, 9.17) is 19.7 Å². The Hall–Kier alpha value is -1.70. The van der Waals surface area contributed by atoms with Crippen molar-refractivity contribution in [2.24, 2.45) is 0 Å². The summed E-state index contributed by atoms with van der Waals surface area (Å²) in [7, 11) is 0. The van der Waals surface area contributed by atoms with Crippen LogP contribution in [0, 0.1) is 0 Å². The maximum Gasteiger partial charge on any atom is 0.333 e. The summed E-state index contributed by atoms with van der Waals surface area (Å²) in [5.41, 5.74) is 0.411. The number of unbranched alkanes of at least 4 members (excludes halogenated alkanes) is 1. The van der Waals surface area contributed by atoms with Crippen LogP contribution in [0.2, 0.25) is 0 Å². The average molecular weight is 318 g/mol. The van der Waals surface area contributed by atoms with Crippen molar-refractivity contribution >= 4 is 11.9 Å². The second kappa shape index (κ2) is 17.4. The van der Waals surface area contributed by atoms with Crippen LogP contribution in [0.3, 0.4) is 0 Å². The van der Waals surface area contributed by atoms with E-state index in [0.717, 1.165) is 6.08 Å². The molecule has 7 nitrogen and oxygen atoms in total. The second-order valence-corrected chi connectivity index (χ2v) is 4.05. The summed E-state index contributed by atoms with van der Waals surface area (Å²) in [6.07, 6.45) is 2.46. The number of hydrogen-bond acceptors (Lipinski definition) is 7. The van der Waals surface area contributed by atoms with Crippen LogP contribution >= 0.6 is 0 Å². The van der Waals surface area contributed by atoms with Crippen molar-refractivity contribution in [2.75, 3.05) is 39.6 Å². The Morgan fingerprint density at radius 2 is 1.68 bits per heavy atom. The van der Waals surface area contributed by atoms with Crippen LogP contribution in [0.15, 0.2) is 24.8 Å². The van der Waals surface area contributed by atoms with Gasteiger partial charge in [-0.2, -0.15) is 0 Å². The Balaban J connectivity index is 0. The van der Waals surface area contributed by atoms with Crippen molar-refractivity contribution in [1.82, 2.24) is 0 Å². The topological polar surface area (TPSA) is 102 Å². The molecule has 0 aromatic heterocycles. The van der Waals surface area contributed by atoms with Crippen LogP contribution in [0.5, 0.6) is 0 Å². The molecule has 0 saturated heterocycles. The molecule has 0 radical (unpaired) electrons. The molecule has 0 fully saturated rings. The van der Waals surface area contributed by atoms with Crippen molar-refractivity contribution in [3.8, 4) is 0 Å². The van der Waals surface area contributed by atoms with Gasteiger partial charge in [-0.05, 0) is 19.8 Å². The molecule has 0 amide bonds. The number of esters is 2. The summed E-state index contributed by atoms with van der Waals surface area (Å²) in [4.78, 5) is 21.1. The van der Waals surface area contributed by atoms with Gasteiger partial charge in [-0.15, -0.1) is 0 Å². The van der Waals surface area contributed by atoms with E-state index in [1.165, 1.54) is 0 Å². The minimum Gasteiger partial charge on any atom is -0.462 e. The van der Waals surface area contributed by atoms with E-state index in [0.29, 0.717) is 31.6 Å². The molecule has 0 aromatic rings. The quantitative estimate of drug-likeness (QED) is 0.327. The molecule has 0 bridgehead atoms. The van der Waals surface area contributed by atoms with E-state index in [9.17, 15) is 9.59 Å². The highest BCUT2D eigenvalue weighted by molar-refractivity contribution is 5.86. The van der Waals surface area contributed by atoms with Crippen LogP contribution in [0.25, 0.3) is 0 Å². The van der Waals surface area contributed by atoms with Crippen LogP contribution in [-0.4, -0.2) is 61.8 Å². The number of aliphatic hydroxyl groups is 2. The summed E-state index contributed by atoms with van der Waals surface area (Å²) >= 11 is 0. The van der Waals surface area contributed by atoms with Crippen LogP contribution < -0.4 is 0 Å². The minimum atomic E-state index is -0.461. The third-order valence-electron chi connectivity index (χ3n) is 2.01. The first-order chi connectivity index (χ1) is 10.5. The molecule has 0 saturated carbocycles. The van der Waals surface area contributed by atoms with E-state index in [1.807, 2.05) is 0 Å². The van der Waals surface area contributed by atoms with Gasteiger partial charge in [-0.1, -0.05) is 13.2 Å². The summed E-state index contributed by atoms with van der Waals surface area (Å²) < 4.78 is 14.1. The lowest BCUT2D eigenvalue weighted by Gasteiger charge is -2.01. The van der Waals surface area contributed by atoms with Crippen LogP contribution in [0.4, 0.5) is 0 Å². The fourth-order valence-electron chi connectivity index (χ4n) is 0.929. The first kappa shape index (κ1) is 22.6. The minimum absolute atomic E-state index is 0.0184. The molecule has 0 aromatic carbocycles. The molecule has 0 aliphatic heterocycles. The molecular formula is C15H26O7. The lowest BCUT2D eigenvalue weighted by atomic mass is 10.3. The van der Waals surface area contributed by atoms with Crippen LogP contribution in [0.1, 0.15) is 19.8 Å². The van der Waals surface area contributed by atoms with Gasteiger partial charge in [0.2, 0.25) is 0 Å². The van der Waals surface area contributed by atoms with Gasteiger partial charge in [0.15, 0.2) is 0 Å². The summed E-state index contributed by atoms with van der Waals surface area (Å²) in [5, 5.41) is 16.7. The fraction of sp³-hybridized carbons (Fsp3) is 0.600. The van der Waals surface area contributed by atoms with E-state index in [-0.39, 0.29) is 32.4 Å². The summed E-state index contributed by atoms with van der Waals surface area (Å²) in [6.45, 7) is 9.52. The van der Waals surface area contributed by atoms with Gasteiger partial charge in [0.1, 0.15) is 6.61 Å². The normalized spacial score (nSPS) is 9.23. The van der Waals surface area contributed by atoms with Crippen molar-refractivity contribution < 1.29 is 34.0 Å². The first-order valence-electron chi connectivity index (χ1n) is 6.90. The molecule has 0 spiro atoms. The predicted molar refractivity (Wildman–Crippen MR) is 81.2 cm³/mol. The lowest BCUT2D eigenvalue weighted by molar-refractivity contribution is -0.140. The highest BCUT2D eigenvalue weighted by atomic mass is 16.6. The third kappa shape index (κ3) is 18.3. The zero-order valence-corrected chi connectivity index (χ0v) is 13.1. The molecule has 0 atom stereocenters. The Morgan fingerprint density at radius 1 is 1.00 bits per heavy atom. The molecule has 22 heavy (non-hydrogen) atoms. The molecule has 128 valence electrons. The van der Waals surface area contributed by atoms with Crippen molar-refractivity contribution in [1.29, 1.82) is 0 Å². The van der Waals surface area contributed by atoms with Gasteiger partial charge < -0.3 is 24.4 Å². The number of rotatable bonds is 11. The molecule has 0 rings (SSSR count). The highest BCUT2D eigenvalue weighted by Gasteiger charge is 2.00. The Labute approximate surface area is 131 Å². The zero-order valence-electron chi connectivity index (χ0n) is 13.1. The molecule has 0 aliphatic rings. The number of hydrogen-bond donors (Lipinski definition) is 2. The molecule has 7 heteroatoms. The predicted octanol–water partition coefficient (Wildman–Crippen LogP) is 0.603. The number of carbonyl (C=O) groups is 2. The maximum atomic E-state index is 10.7. The number of carbonyl (C=O) groups excluding carboxylic acids is 2. The van der Waals surface area contributed by atoms with E-state index in [1.54, 1.807) is 6.92 Å². The Bertz CT molecular complexity index is 324. The fourth-order valence-corrected chi connectivity index (χ4v) is 0.929. The summed E-state index contributed by atoms with van der Waals surface area (Å²) in [5.74, 6) is -0.819. The molecule has 0 heterocycles. The SMILES string of the molecule is C=C(C)C(=O)OCCCCO.C=CC(=O)OCCOCCO. The van der Waals surface area contributed by atoms with Crippen molar-refractivity contribution in [2.45, 2.75) is 19.8 Å². The molecule has 0 aliphatic carbocycles. The molecule has 2 N–H and O–H groups in total. The van der Waals surface area contributed by atoms with Crippen LogP contribution in [-0.2, 0) is 23.8 Å². The molecule has 0 unspecified atom stereocenters. The lowest BCUT2D eigenvalue weighted by Crippen LogP contribution is -2.09. The van der Waals surface area contributed by atoms with Gasteiger partial charge in [0.25, 0.3) is 0 Å². The largest absolute Gasteiger partial charge is 0.462 e. The Kier molecular flexibility index (Phi) is 17.8. The highest BCUT2D eigenvalue weighted by Crippen LogP contribution is 1.94. The third-order valence-corrected chi connectivity index (χ3v) is 2.01. The smallest absolute Gasteiger partial charge is 0.333 e. The van der Waals surface area contributed by atoms with Gasteiger partial charge in [-0.25, -0.2) is 9.59 Å². The molecular weight excluding hydrogens is 292 g/mol.